The van der Waals surface area contributed by atoms with Crippen LogP contribution in [0.3, 0.4) is 0 Å². The van der Waals surface area contributed by atoms with Gasteiger partial charge in [-0.2, -0.15) is 4.31 Å². The van der Waals surface area contributed by atoms with E-state index in [-0.39, 0.29) is 21.9 Å². The van der Waals surface area contributed by atoms with Crippen LogP contribution in [-0.2, 0) is 10.0 Å². The van der Waals surface area contributed by atoms with E-state index in [1.165, 1.54) is 4.31 Å². The van der Waals surface area contributed by atoms with Gasteiger partial charge in [-0.05, 0) is 30.9 Å². The van der Waals surface area contributed by atoms with E-state index >= 15 is 0 Å². The van der Waals surface area contributed by atoms with Crippen LogP contribution >= 0.6 is 11.6 Å². The minimum Gasteiger partial charge on any atom is -0.329 e. The molecule has 106 valence electrons. The second-order valence-electron chi connectivity index (χ2n) is 4.97. The average Bonchev–Trinajstić information content (AvgIpc) is 2.38. The predicted octanol–water partition coefficient (Wildman–Crippen LogP) is 2.09. The highest BCUT2D eigenvalue weighted by Gasteiger charge is 2.37. The van der Waals surface area contributed by atoms with Gasteiger partial charge < -0.3 is 5.73 Å². The van der Waals surface area contributed by atoms with Crippen molar-refractivity contribution in [2.24, 2.45) is 11.7 Å². The van der Waals surface area contributed by atoms with Gasteiger partial charge in [-0.1, -0.05) is 30.7 Å². The highest BCUT2D eigenvalue weighted by Crippen LogP contribution is 2.31. The number of sulfonamides is 1. The molecule has 1 heterocycles. The van der Waals surface area contributed by atoms with Crippen molar-refractivity contribution in [3.05, 3.63) is 29.3 Å². The van der Waals surface area contributed by atoms with E-state index in [4.69, 9.17) is 17.3 Å². The van der Waals surface area contributed by atoms with Crippen LogP contribution in [0.15, 0.2) is 29.2 Å². The maximum atomic E-state index is 12.7. The van der Waals surface area contributed by atoms with Gasteiger partial charge >= 0.3 is 0 Å². The Balaban J connectivity index is 2.41. The van der Waals surface area contributed by atoms with Crippen LogP contribution in [0.4, 0.5) is 0 Å². The lowest BCUT2D eigenvalue weighted by Crippen LogP contribution is -2.51. The van der Waals surface area contributed by atoms with Crippen molar-refractivity contribution in [1.29, 1.82) is 0 Å². The molecule has 4 nitrogen and oxygen atoms in total. The van der Waals surface area contributed by atoms with Gasteiger partial charge in [-0.15, -0.1) is 0 Å². The van der Waals surface area contributed by atoms with Crippen LogP contribution in [0.1, 0.15) is 19.8 Å². The van der Waals surface area contributed by atoms with E-state index in [0.29, 0.717) is 13.1 Å². The Hall–Kier alpha value is -0.620. The lowest BCUT2D eigenvalue weighted by Gasteiger charge is -2.38. The SMILES string of the molecule is C[C@H]1CCCN(S(=O)(=O)c2ccccc2Cl)[C@H]1CN. The molecule has 1 aliphatic heterocycles. The maximum absolute atomic E-state index is 12.7. The van der Waals surface area contributed by atoms with Crippen molar-refractivity contribution in [1.82, 2.24) is 4.31 Å². The average molecular weight is 303 g/mol. The van der Waals surface area contributed by atoms with Crippen LogP contribution in [0.5, 0.6) is 0 Å². The molecule has 6 heteroatoms. The van der Waals surface area contributed by atoms with Crippen LogP contribution in [0, 0.1) is 5.92 Å². The van der Waals surface area contributed by atoms with Gasteiger partial charge in [0, 0.05) is 19.1 Å². The summed E-state index contributed by atoms with van der Waals surface area (Å²) in [5.41, 5.74) is 5.76. The minimum absolute atomic E-state index is 0.143. The molecule has 0 unspecified atom stereocenters. The molecule has 0 amide bonds. The van der Waals surface area contributed by atoms with E-state index in [9.17, 15) is 8.42 Å². The van der Waals surface area contributed by atoms with E-state index in [0.717, 1.165) is 12.8 Å². The van der Waals surface area contributed by atoms with Gasteiger partial charge in [0.1, 0.15) is 4.90 Å². The zero-order valence-corrected chi connectivity index (χ0v) is 12.5. The molecular weight excluding hydrogens is 284 g/mol. The fourth-order valence-electron chi connectivity index (χ4n) is 2.64. The number of piperidine rings is 1. The van der Waals surface area contributed by atoms with Gasteiger partial charge in [-0.3, -0.25) is 0 Å². The number of hydrogen-bond donors (Lipinski definition) is 1. The zero-order chi connectivity index (χ0) is 14.0. The zero-order valence-electron chi connectivity index (χ0n) is 10.9. The Morgan fingerprint density at radius 2 is 2.11 bits per heavy atom. The fraction of sp³-hybridized carbons (Fsp3) is 0.538. The molecule has 19 heavy (non-hydrogen) atoms. The van der Waals surface area contributed by atoms with Gasteiger partial charge in [0.25, 0.3) is 0 Å². The molecule has 1 saturated heterocycles. The molecule has 1 aliphatic rings. The first kappa shape index (κ1) is 14.8. The Morgan fingerprint density at radius 1 is 1.42 bits per heavy atom. The van der Waals surface area contributed by atoms with Crippen molar-refractivity contribution in [3.63, 3.8) is 0 Å². The summed E-state index contributed by atoms with van der Waals surface area (Å²) < 4.78 is 26.9. The minimum atomic E-state index is -3.57. The van der Waals surface area contributed by atoms with Crippen LogP contribution in [-0.4, -0.2) is 31.9 Å². The molecule has 1 aromatic rings. The van der Waals surface area contributed by atoms with Crippen LogP contribution < -0.4 is 5.73 Å². The molecule has 0 saturated carbocycles. The highest BCUT2D eigenvalue weighted by atomic mass is 35.5. The van der Waals surface area contributed by atoms with E-state index < -0.39 is 10.0 Å². The van der Waals surface area contributed by atoms with Crippen LogP contribution in [0.2, 0.25) is 5.02 Å². The summed E-state index contributed by atoms with van der Waals surface area (Å²) in [6.07, 6.45) is 1.87. The lowest BCUT2D eigenvalue weighted by molar-refractivity contribution is 0.192. The fourth-order valence-corrected chi connectivity index (χ4v) is 4.91. The quantitative estimate of drug-likeness (QED) is 0.930. The molecule has 2 N–H and O–H groups in total. The normalized spacial score (nSPS) is 25.4. The maximum Gasteiger partial charge on any atom is 0.244 e. The predicted molar refractivity (Wildman–Crippen MR) is 76.6 cm³/mol. The summed E-state index contributed by atoms with van der Waals surface area (Å²) in [5.74, 6) is 0.274. The molecule has 0 aromatic heterocycles. The third-order valence-electron chi connectivity index (χ3n) is 3.73. The van der Waals surface area contributed by atoms with E-state index in [2.05, 4.69) is 0 Å². The van der Waals surface area contributed by atoms with Gasteiger partial charge in [0.2, 0.25) is 10.0 Å². The first-order chi connectivity index (χ1) is 8.98. The number of halogens is 1. The van der Waals surface area contributed by atoms with Crippen molar-refractivity contribution >= 4 is 21.6 Å². The largest absolute Gasteiger partial charge is 0.329 e. The smallest absolute Gasteiger partial charge is 0.244 e. The molecule has 0 radical (unpaired) electrons. The summed E-state index contributed by atoms with van der Waals surface area (Å²) in [4.78, 5) is 0.171. The Kier molecular flexibility index (Phi) is 4.50. The topological polar surface area (TPSA) is 63.4 Å². The third kappa shape index (κ3) is 2.79. The summed E-state index contributed by atoms with van der Waals surface area (Å²) in [6.45, 7) is 2.90. The number of nitrogens with zero attached hydrogens (tertiary/aromatic N) is 1. The molecule has 0 spiro atoms. The highest BCUT2D eigenvalue weighted by molar-refractivity contribution is 7.89. The molecule has 1 aromatic carbocycles. The summed E-state index contributed by atoms with van der Waals surface area (Å²) in [7, 11) is -3.57. The van der Waals surface area contributed by atoms with E-state index in [1.807, 2.05) is 6.92 Å². The molecular formula is C13H19ClN2O2S. The third-order valence-corrected chi connectivity index (χ3v) is 6.15. The van der Waals surface area contributed by atoms with Gasteiger partial charge in [-0.25, -0.2) is 8.42 Å². The summed E-state index contributed by atoms with van der Waals surface area (Å²) >= 11 is 6.02. The van der Waals surface area contributed by atoms with Crippen molar-refractivity contribution < 1.29 is 8.42 Å². The Labute approximate surface area is 119 Å². The van der Waals surface area contributed by atoms with Gasteiger partial charge in [0.15, 0.2) is 0 Å². The molecule has 0 aliphatic carbocycles. The van der Waals surface area contributed by atoms with E-state index in [1.54, 1.807) is 24.3 Å². The molecule has 2 rings (SSSR count). The van der Waals surface area contributed by atoms with Crippen LogP contribution in [0.25, 0.3) is 0 Å². The second-order valence-corrected chi connectivity index (χ2v) is 7.23. The Bertz CT molecular complexity index is 547. The monoisotopic (exact) mass is 302 g/mol. The number of benzene rings is 1. The first-order valence-corrected chi connectivity index (χ1v) is 8.26. The second kappa shape index (κ2) is 5.79. The molecule has 1 fully saturated rings. The van der Waals surface area contributed by atoms with Crippen molar-refractivity contribution in [3.8, 4) is 0 Å². The van der Waals surface area contributed by atoms with Gasteiger partial charge in [0.05, 0.1) is 5.02 Å². The molecule has 0 bridgehead atoms. The first-order valence-electron chi connectivity index (χ1n) is 6.45. The summed E-state index contributed by atoms with van der Waals surface area (Å²) in [6, 6.07) is 6.41. The van der Waals surface area contributed by atoms with Crippen molar-refractivity contribution in [2.75, 3.05) is 13.1 Å². The number of hydrogen-bond acceptors (Lipinski definition) is 3. The summed E-state index contributed by atoms with van der Waals surface area (Å²) in [5, 5.41) is 0.261. The lowest BCUT2D eigenvalue weighted by atomic mass is 9.93. The number of rotatable bonds is 3. The van der Waals surface area contributed by atoms with Crippen molar-refractivity contribution in [2.45, 2.75) is 30.7 Å². The standard InChI is InChI=1S/C13H19ClN2O2S/c1-10-5-4-8-16(12(10)9-15)19(17,18)13-7-3-2-6-11(13)14/h2-3,6-7,10,12H,4-5,8-9,15H2,1H3/t10-,12-/m0/s1. The molecule has 2 atom stereocenters. The Morgan fingerprint density at radius 3 is 2.74 bits per heavy atom. The number of nitrogens with two attached hydrogens (primary N) is 1.